The maximum atomic E-state index is 12.6. The molecule has 2 aliphatic rings. The zero-order chi connectivity index (χ0) is 21.0. The molecule has 1 aromatic rings. The number of rotatable bonds is 5. The van der Waals surface area contributed by atoms with Gasteiger partial charge in [0, 0.05) is 50.5 Å². The summed E-state index contributed by atoms with van der Waals surface area (Å²) in [6.07, 6.45) is 1.34. The molecule has 0 saturated carbocycles. The van der Waals surface area contributed by atoms with Crippen LogP contribution < -0.4 is 5.32 Å². The lowest BCUT2D eigenvalue weighted by Crippen LogP contribution is -2.47. The molecule has 9 heteroatoms. The number of anilines is 1. The third kappa shape index (κ3) is 5.34. The smallest absolute Gasteiger partial charge is 0.253 e. The highest BCUT2D eigenvalue weighted by Gasteiger charge is 2.31. The Labute approximate surface area is 172 Å². The molecule has 1 N–H and O–H groups in total. The lowest BCUT2D eigenvalue weighted by molar-refractivity contribution is -0.120. The van der Waals surface area contributed by atoms with Gasteiger partial charge in [0.25, 0.3) is 5.91 Å². The Kier molecular flexibility index (Phi) is 6.92. The van der Waals surface area contributed by atoms with Crippen LogP contribution in [0.25, 0.3) is 0 Å². The summed E-state index contributed by atoms with van der Waals surface area (Å²) in [5, 5.41) is 2.86. The van der Waals surface area contributed by atoms with Gasteiger partial charge in [0.2, 0.25) is 15.9 Å². The van der Waals surface area contributed by atoms with Gasteiger partial charge >= 0.3 is 0 Å². The minimum absolute atomic E-state index is 0.00340. The molecule has 0 bridgehead atoms. The SMILES string of the molecule is CCS(=O)(=O)N1CCCC(C(=O)Nc2ccc(C(=O)N3CCN(C)CC3)cc2)C1. The Morgan fingerprint density at radius 3 is 2.34 bits per heavy atom. The summed E-state index contributed by atoms with van der Waals surface area (Å²) in [5.41, 5.74) is 1.21. The summed E-state index contributed by atoms with van der Waals surface area (Å²) in [6.45, 7) is 5.48. The normalized spacial score (nSPS) is 21.7. The third-order valence-electron chi connectivity index (χ3n) is 5.70. The lowest BCUT2D eigenvalue weighted by Gasteiger charge is -2.32. The Morgan fingerprint density at radius 1 is 1.07 bits per heavy atom. The minimum atomic E-state index is -3.28. The minimum Gasteiger partial charge on any atom is -0.336 e. The van der Waals surface area contributed by atoms with Crippen LogP contribution in [0.15, 0.2) is 24.3 Å². The number of sulfonamides is 1. The van der Waals surface area contributed by atoms with Gasteiger partial charge in [-0.3, -0.25) is 9.59 Å². The Bertz CT molecular complexity index is 833. The first-order chi connectivity index (χ1) is 13.8. The molecule has 8 nitrogen and oxygen atoms in total. The van der Waals surface area contributed by atoms with E-state index in [9.17, 15) is 18.0 Å². The van der Waals surface area contributed by atoms with Crippen LogP contribution in [-0.2, 0) is 14.8 Å². The van der Waals surface area contributed by atoms with Crippen LogP contribution >= 0.6 is 0 Å². The molecule has 2 saturated heterocycles. The van der Waals surface area contributed by atoms with Crippen LogP contribution in [0.3, 0.4) is 0 Å². The van der Waals surface area contributed by atoms with E-state index in [1.54, 1.807) is 31.2 Å². The number of hydrogen-bond donors (Lipinski definition) is 1. The number of benzene rings is 1. The summed E-state index contributed by atoms with van der Waals surface area (Å²) in [6, 6.07) is 6.91. The van der Waals surface area contributed by atoms with E-state index in [1.807, 2.05) is 11.9 Å². The highest BCUT2D eigenvalue weighted by atomic mass is 32.2. The third-order valence-corrected chi connectivity index (χ3v) is 7.55. The molecule has 3 rings (SSSR count). The molecule has 2 fully saturated rings. The van der Waals surface area contributed by atoms with Crippen molar-refractivity contribution in [1.29, 1.82) is 0 Å². The average Bonchev–Trinajstić information content (AvgIpc) is 2.74. The maximum Gasteiger partial charge on any atom is 0.253 e. The van der Waals surface area contributed by atoms with Crippen LogP contribution in [0.2, 0.25) is 0 Å². The van der Waals surface area contributed by atoms with Crippen molar-refractivity contribution >= 4 is 27.5 Å². The molecule has 1 aromatic carbocycles. The molecule has 160 valence electrons. The summed E-state index contributed by atoms with van der Waals surface area (Å²) < 4.78 is 25.6. The first kappa shape index (κ1) is 21.7. The Balaban J connectivity index is 1.58. The second-order valence-electron chi connectivity index (χ2n) is 7.76. The highest BCUT2D eigenvalue weighted by Crippen LogP contribution is 2.21. The summed E-state index contributed by atoms with van der Waals surface area (Å²) in [5.74, 6) is -0.496. The quantitative estimate of drug-likeness (QED) is 0.767. The number of amides is 2. The molecule has 0 aromatic heterocycles. The molecule has 0 aliphatic carbocycles. The van der Waals surface area contributed by atoms with Gasteiger partial charge in [-0.25, -0.2) is 12.7 Å². The van der Waals surface area contributed by atoms with Crippen molar-refractivity contribution in [2.45, 2.75) is 19.8 Å². The molecule has 1 unspecified atom stereocenters. The van der Waals surface area contributed by atoms with E-state index in [1.165, 1.54) is 4.31 Å². The first-order valence-corrected chi connectivity index (χ1v) is 11.8. The van der Waals surface area contributed by atoms with Gasteiger partial charge in [-0.1, -0.05) is 0 Å². The van der Waals surface area contributed by atoms with Crippen molar-refractivity contribution in [3.8, 4) is 0 Å². The fourth-order valence-corrected chi connectivity index (χ4v) is 4.90. The van der Waals surface area contributed by atoms with Crippen molar-refractivity contribution in [2.75, 3.05) is 57.4 Å². The second-order valence-corrected chi connectivity index (χ2v) is 10.0. The van der Waals surface area contributed by atoms with E-state index < -0.39 is 10.0 Å². The van der Waals surface area contributed by atoms with Crippen molar-refractivity contribution in [2.24, 2.45) is 5.92 Å². The monoisotopic (exact) mass is 422 g/mol. The zero-order valence-corrected chi connectivity index (χ0v) is 18.0. The van der Waals surface area contributed by atoms with Gasteiger partial charge in [-0.2, -0.15) is 0 Å². The Morgan fingerprint density at radius 2 is 1.72 bits per heavy atom. The second kappa shape index (κ2) is 9.23. The van der Waals surface area contributed by atoms with E-state index in [2.05, 4.69) is 10.2 Å². The maximum absolute atomic E-state index is 12.6. The molecule has 29 heavy (non-hydrogen) atoms. The van der Waals surface area contributed by atoms with Crippen LogP contribution in [-0.4, -0.2) is 86.4 Å². The van der Waals surface area contributed by atoms with Gasteiger partial charge in [-0.15, -0.1) is 0 Å². The fraction of sp³-hybridized carbons (Fsp3) is 0.600. The van der Waals surface area contributed by atoms with Gasteiger partial charge < -0.3 is 15.1 Å². The lowest BCUT2D eigenvalue weighted by atomic mass is 9.98. The van der Waals surface area contributed by atoms with Crippen molar-refractivity contribution < 1.29 is 18.0 Å². The number of piperidine rings is 1. The fourth-order valence-electron chi connectivity index (χ4n) is 3.72. The van der Waals surface area contributed by atoms with Gasteiger partial charge in [0.1, 0.15) is 0 Å². The largest absolute Gasteiger partial charge is 0.336 e. The van der Waals surface area contributed by atoms with E-state index in [4.69, 9.17) is 0 Å². The molecular formula is C20H30N4O4S. The Hall–Kier alpha value is -1.97. The van der Waals surface area contributed by atoms with Gasteiger partial charge in [0.05, 0.1) is 11.7 Å². The number of carbonyl (C=O) groups excluding carboxylic acids is 2. The molecule has 1 atom stereocenters. The van der Waals surface area contributed by atoms with Crippen molar-refractivity contribution in [3.05, 3.63) is 29.8 Å². The van der Waals surface area contributed by atoms with Gasteiger partial charge in [0.15, 0.2) is 0 Å². The number of piperazine rings is 1. The number of carbonyl (C=O) groups is 2. The van der Waals surface area contributed by atoms with E-state index in [0.29, 0.717) is 43.7 Å². The van der Waals surface area contributed by atoms with Gasteiger partial charge in [-0.05, 0) is 51.1 Å². The first-order valence-electron chi connectivity index (χ1n) is 10.2. The topological polar surface area (TPSA) is 90.0 Å². The number of hydrogen-bond acceptors (Lipinski definition) is 5. The van der Waals surface area contributed by atoms with Crippen molar-refractivity contribution in [3.63, 3.8) is 0 Å². The molecule has 0 spiro atoms. The summed E-state index contributed by atoms with van der Waals surface area (Å²) in [4.78, 5) is 29.3. The van der Waals surface area contributed by atoms with Crippen molar-refractivity contribution in [1.82, 2.24) is 14.1 Å². The molecule has 2 amide bonds. The highest BCUT2D eigenvalue weighted by molar-refractivity contribution is 7.89. The predicted octanol–water partition coefficient (Wildman–Crippen LogP) is 1.07. The zero-order valence-electron chi connectivity index (χ0n) is 17.1. The number of nitrogens with one attached hydrogen (secondary N) is 1. The average molecular weight is 423 g/mol. The van der Waals surface area contributed by atoms with Crippen LogP contribution in [0.4, 0.5) is 5.69 Å². The van der Waals surface area contributed by atoms with E-state index >= 15 is 0 Å². The molecule has 0 radical (unpaired) electrons. The standard InChI is InChI=1S/C20H30N4O4S/c1-3-29(27,28)24-10-4-5-17(15-24)19(25)21-18-8-6-16(7-9-18)20(26)23-13-11-22(2)12-14-23/h6-9,17H,3-5,10-15H2,1-2H3,(H,21,25). The van der Waals surface area contributed by atoms with Crippen LogP contribution in [0.5, 0.6) is 0 Å². The van der Waals surface area contributed by atoms with E-state index in [-0.39, 0.29) is 30.0 Å². The summed E-state index contributed by atoms with van der Waals surface area (Å²) >= 11 is 0. The molecule has 2 aliphatic heterocycles. The predicted molar refractivity (Wildman–Crippen MR) is 112 cm³/mol. The molecular weight excluding hydrogens is 392 g/mol. The number of nitrogens with zero attached hydrogens (tertiary/aromatic N) is 3. The van der Waals surface area contributed by atoms with E-state index in [0.717, 1.165) is 13.1 Å². The van der Waals surface area contributed by atoms with Crippen LogP contribution in [0.1, 0.15) is 30.1 Å². The molecule has 2 heterocycles. The number of likely N-dealkylation sites (N-methyl/N-ethyl adjacent to an activating group) is 1. The summed E-state index contributed by atoms with van der Waals surface area (Å²) in [7, 11) is -1.24. The van der Waals surface area contributed by atoms with Crippen LogP contribution in [0, 0.1) is 5.92 Å².